The number of carbonyl (C=O) groups excluding carboxylic acids is 1. The van der Waals surface area contributed by atoms with E-state index in [0.717, 1.165) is 47.6 Å². The van der Waals surface area contributed by atoms with E-state index in [1.807, 2.05) is 53.4 Å². The number of rotatable bonds is 7. The molecule has 0 atom stereocenters. The number of nitrogens with one attached hydrogen (secondary N) is 1. The van der Waals surface area contributed by atoms with Crippen molar-refractivity contribution >= 4 is 22.3 Å². The van der Waals surface area contributed by atoms with Crippen molar-refractivity contribution in [1.29, 1.82) is 0 Å². The Kier molecular flexibility index (Phi) is 5.24. The van der Waals surface area contributed by atoms with Crippen LogP contribution >= 0.6 is 11.3 Å². The zero-order valence-electron chi connectivity index (χ0n) is 16.7. The monoisotopic (exact) mass is 416 g/mol. The number of imidazole rings is 1. The van der Waals surface area contributed by atoms with Crippen LogP contribution in [0.2, 0.25) is 0 Å². The van der Waals surface area contributed by atoms with Crippen LogP contribution in [-0.4, -0.2) is 32.9 Å². The van der Waals surface area contributed by atoms with Crippen LogP contribution in [0.1, 0.15) is 24.1 Å². The Morgan fingerprint density at radius 1 is 1.10 bits per heavy atom. The first-order valence-corrected chi connectivity index (χ1v) is 11.3. The van der Waals surface area contributed by atoms with Gasteiger partial charge in [0, 0.05) is 48.4 Å². The van der Waals surface area contributed by atoms with E-state index in [2.05, 4.69) is 33.4 Å². The van der Waals surface area contributed by atoms with Gasteiger partial charge in [-0.15, -0.1) is 11.3 Å². The van der Waals surface area contributed by atoms with Gasteiger partial charge in [-0.05, 0) is 18.4 Å². The van der Waals surface area contributed by atoms with Crippen molar-refractivity contribution < 1.29 is 4.79 Å². The number of thiazole rings is 1. The first kappa shape index (κ1) is 18.9. The molecule has 0 radical (unpaired) electrons. The number of nitrogens with zero attached hydrogens (tertiary/aromatic N) is 3. The zero-order valence-corrected chi connectivity index (χ0v) is 17.5. The summed E-state index contributed by atoms with van der Waals surface area (Å²) in [5, 5.41) is 5.24. The molecule has 1 aliphatic carbocycles. The number of hydrogen-bond acceptors (Lipinski definition) is 3. The number of carbonyl (C=O) groups is 1. The van der Waals surface area contributed by atoms with Gasteiger partial charge in [-0.3, -0.25) is 4.40 Å². The molecule has 2 heterocycles. The molecular formula is C24H24N4OS. The lowest BCUT2D eigenvalue weighted by Crippen LogP contribution is -2.42. The summed E-state index contributed by atoms with van der Waals surface area (Å²) in [4.78, 5) is 20.6. The zero-order chi connectivity index (χ0) is 20.3. The fourth-order valence-electron chi connectivity index (χ4n) is 3.70. The molecule has 5 rings (SSSR count). The van der Waals surface area contributed by atoms with E-state index >= 15 is 0 Å². The average molecular weight is 417 g/mol. The van der Waals surface area contributed by atoms with Gasteiger partial charge in [0.15, 0.2) is 4.96 Å². The van der Waals surface area contributed by atoms with Crippen LogP contribution in [0.3, 0.4) is 0 Å². The first-order chi connectivity index (χ1) is 14.8. The molecular weight excluding hydrogens is 392 g/mol. The summed E-state index contributed by atoms with van der Waals surface area (Å²) in [5.74, 6) is 0. The molecule has 2 aromatic heterocycles. The van der Waals surface area contributed by atoms with E-state index in [4.69, 9.17) is 4.98 Å². The van der Waals surface area contributed by atoms with Crippen LogP contribution in [0.4, 0.5) is 4.79 Å². The van der Waals surface area contributed by atoms with Crippen molar-refractivity contribution in [1.82, 2.24) is 19.6 Å². The number of fused-ring (bicyclic) bond motifs is 1. The molecule has 5 nitrogen and oxygen atoms in total. The van der Waals surface area contributed by atoms with E-state index in [0.29, 0.717) is 12.6 Å². The molecule has 1 fully saturated rings. The summed E-state index contributed by atoms with van der Waals surface area (Å²) in [5.41, 5.74) is 4.43. The SMILES string of the molecule is O=C(NCc1ccccc1)N(CCc1csc2nc(-c3ccccc3)cn12)C1CC1. The van der Waals surface area contributed by atoms with Crippen LogP contribution < -0.4 is 5.32 Å². The maximum atomic E-state index is 12.8. The topological polar surface area (TPSA) is 49.6 Å². The van der Waals surface area contributed by atoms with Gasteiger partial charge < -0.3 is 10.2 Å². The second-order valence-electron chi connectivity index (χ2n) is 7.69. The van der Waals surface area contributed by atoms with Crippen molar-refractivity contribution in [2.24, 2.45) is 0 Å². The van der Waals surface area contributed by atoms with E-state index < -0.39 is 0 Å². The lowest BCUT2D eigenvalue weighted by molar-refractivity contribution is 0.195. The Labute approximate surface area is 180 Å². The second kappa shape index (κ2) is 8.32. The van der Waals surface area contributed by atoms with Crippen LogP contribution in [0, 0.1) is 0 Å². The third-order valence-corrected chi connectivity index (χ3v) is 6.39. The lowest BCUT2D eigenvalue weighted by Gasteiger charge is -2.22. The maximum absolute atomic E-state index is 12.8. The standard InChI is InChI=1S/C24H24N4OS/c29-23(25-15-18-7-3-1-4-8-18)27(20-11-12-20)14-13-21-17-30-24-26-22(16-28(21)24)19-9-5-2-6-10-19/h1-10,16-17,20H,11-15H2,(H,25,29). The van der Waals surface area contributed by atoms with Crippen LogP contribution in [0.25, 0.3) is 16.2 Å². The lowest BCUT2D eigenvalue weighted by atomic mass is 10.2. The van der Waals surface area contributed by atoms with Gasteiger partial charge in [0.25, 0.3) is 0 Å². The van der Waals surface area contributed by atoms with Gasteiger partial charge in [0.05, 0.1) is 5.69 Å². The van der Waals surface area contributed by atoms with Gasteiger partial charge >= 0.3 is 6.03 Å². The molecule has 1 saturated carbocycles. The van der Waals surface area contributed by atoms with Crippen LogP contribution in [0.5, 0.6) is 0 Å². The average Bonchev–Trinajstić information content (AvgIpc) is 3.42. The molecule has 1 aliphatic rings. The highest BCUT2D eigenvalue weighted by molar-refractivity contribution is 7.15. The Hall–Kier alpha value is -3.12. The number of benzene rings is 2. The van der Waals surface area contributed by atoms with Crippen LogP contribution in [0.15, 0.2) is 72.2 Å². The molecule has 4 aromatic rings. The third kappa shape index (κ3) is 4.09. The smallest absolute Gasteiger partial charge is 0.317 e. The van der Waals surface area contributed by atoms with Gasteiger partial charge in [-0.25, -0.2) is 9.78 Å². The van der Waals surface area contributed by atoms with Crippen molar-refractivity contribution in [3.8, 4) is 11.3 Å². The van der Waals surface area contributed by atoms with E-state index in [-0.39, 0.29) is 6.03 Å². The highest BCUT2D eigenvalue weighted by Gasteiger charge is 2.32. The minimum Gasteiger partial charge on any atom is -0.334 e. The molecule has 0 saturated heterocycles. The predicted molar refractivity (Wildman–Crippen MR) is 121 cm³/mol. The van der Waals surface area contributed by atoms with Crippen molar-refractivity contribution in [3.05, 3.63) is 83.5 Å². The Balaban J connectivity index is 1.26. The third-order valence-electron chi connectivity index (χ3n) is 5.50. The Morgan fingerprint density at radius 3 is 2.57 bits per heavy atom. The van der Waals surface area contributed by atoms with Gasteiger partial charge in [0.2, 0.25) is 0 Å². The van der Waals surface area contributed by atoms with E-state index in [9.17, 15) is 4.79 Å². The Bertz CT molecular complexity index is 1130. The summed E-state index contributed by atoms with van der Waals surface area (Å²) >= 11 is 1.65. The number of amides is 2. The maximum Gasteiger partial charge on any atom is 0.317 e. The fourth-order valence-corrected chi connectivity index (χ4v) is 4.61. The number of urea groups is 1. The molecule has 30 heavy (non-hydrogen) atoms. The highest BCUT2D eigenvalue weighted by Crippen LogP contribution is 2.28. The van der Waals surface area contributed by atoms with E-state index in [1.165, 1.54) is 5.69 Å². The first-order valence-electron chi connectivity index (χ1n) is 10.4. The molecule has 2 amide bonds. The number of hydrogen-bond donors (Lipinski definition) is 1. The van der Waals surface area contributed by atoms with E-state index in [1.54, 1.807) is 11.3 Å². The molecule has 0 unspecified atom stereocenters. The highest BCUT2D eigenvalue weighted by atomic mass is 32.1. The minimum absolute atomic E-state index is 0.0310. The molecule has 0 spiro atoms. The molecule has 152 valence electrons. The summed E-state index contributed by atoms with van der Waals surface area (Å²) < 4.78 is 2.17. The van der Waals surface area contributed by atoms with Crippen molar-refractivity contribution in [2.75, 3.05) is 6.54 Å². The van der Waals surface area contributed by atoms with Gasteiger partial charge in [0.1, 0.15) is 0 Å². The summed E-state index contributed by atoms with van der Waals surface area (Å²) in [6.45, 7) is 1.28. The summed E-state index contributed by atoms with van der Waals surface area (Å²) in [6, 6.07) is 20.7. The molecule has 1 N–H and O–H groups in total. The largest absolute Gasteiger partial charge is 0.334 e. The minimum atomic E-state index is 0.0310. The molecule has 6 heteroatoms. The summed E-state index contributed by atoms with van der Waals surface area (Å²) in [6.07, 6.45) is 5.12. The van der Waals surface area contributed by atoms with Crippen molar-refractivity contribution in [2.45, 2.75) is 31.8 Å². The van der Waals surface area contributed by atoms with Crippen molar-refractivity contribution in [3.63, 3.8) is 0 Å². The normalized spacial score (nSPS) is 13.5. The van der Waals surface area contributed by atoms with Gasteiger partial charge in [-0.2, -0.15) is 0 Å². The number of aromatic nitrogens is 2. The quantitative estimate of drug-likeness (QED) is 0.462. The molecule has 2 aromatic carbocycles. The fraction of sp³-hybridized carbons (Fsp3) is 0.250. The van der Waals surface area contributed by atoms with Gasteiger partial charge in [-0.1, -0.05) is 60.7 Å². The molecule has 0 aliphatic heterocycles. The molecule has 0 bridgehead atoms. The van der Waals surface area contributed by atoms with Crippen LogP contribution in [-0.2, 0) is 13.0 Å². The second-order valence-corrected chi connectivity index (χ2v) is 8.53. The summed E-state index contributed by atoms with van der Waals surface area (Å²) in [7, 11) is 0. The Morgan fingerprint density at radius 2 is 1.83 bits per heavy atom. The predicted octanol–water partition coefficient (Wildman–Crippen LogP) is 4.98.